The molecule has 1 aromatic heterocycles. The highest BCUT2D eigenvalue weighted by Gasteiger charge is 2.48. The zero-order valence-electron chi connectivity index (χ0n) is 13.5. The van der Waals surface area contributed by atoms with Gasteiger partial charge in [0.15, 0.2) is 6.10 Å². The summed E-state index contributed by atoms with van der Waals surface area (Å²) in [6.07, 6.45) is 4.83. The van der Waals surface area contributed by atoms with Crippen LogP contribution in [0.1, 0.15) is 24.4 Å². The van der Waals surface area contributed by atoms with Gasteiger partial charge in [0.05, 0.1) is 6.04 Å². The summed E-state index contributed by atoms with van der Waals surface area (Å²) in [4.78, 5) is 33.5. The second kappa shape index (κ2) is 6.72. The number of ether oxygens (including phenoxy) is 1. The minimum Gasteiger partial charge on any atom is -0.356 e. The number of hydrogen-bond donors (Lipinski definition) is 0. The maximum atomic E-state index is 13.1. The number of rotatable bonds is 3. The number of carbonyl (C=O) groups excluding carboxylic acids is 2. The van der Waals surface area contributed by atoms with Crippen LogP contribution in [0.5, 0.6) is 0 Å². The van der Waals surface area contributed by atoms with Crippen LogP contribution in [-0.2, 0) is 14.3 Å². The predicted molar refractivity (Wildman–Crippen MR) is 90.5 cm³/mol. The molecule has 2 saturated heterocycles. The molecule has 6 nitrogen and oxygen atoms in total. The molecule has 128 valence electrons. The number of amides is 2. The Morgan fingerprint density at radius 1 is 1.29 bits per heavy atom. The van der Waals surface area contributed by atoms with Gasteiger partial charge in [0.25, 0.3) is 5.91 Å². The fraction of sp³-hybridized carbons (Fsp3) is 0.588. The molecule has 2 amide bonds. The van der Waals surface area contributed by atoms with Crippen LogP contribution in [0.2, 0.25) is 0 Å². The average molecular weight is 347 g/mol. The van der Waals surface area contributed by atoms with Crippen LogP contribution >= 0.6 is 11.8 Å². The molecule has 3 heterocycles. The van der Waals surface area contributed by atoms with Gasteiger partial charge in [-0.25, -0.2) is 0 Å². The van der Waals surface area contributed by atoms with Crippen molar-refractivity contribution in [3.8, 4) is 0 Å². The van der Waals surface area contributed by atoms with E-state index in [0.717, 1.165) is 43.0 Å². The first kappa shape index (κ1) is 15.9. The topological polar surface area (TPSA) is 62.7 Å². The van der Waals surface area contributed by atoms with Gasteiger partial charge in [0, 0.05) is 43.0 Å². The minimum atomic E-state index is -0.629. The van der Waals surface area contributed by atoms with E-state index < -0.39 is 6.10 Å². The third kappa shape index (κ3) is 3.02. The molecule has 24 heavy (non-hydrogen) atoms. The van der Waals surface area contributed by atoms with Crippen LogP contribution in [0.3, 0.4) is 0 Å². The Labute approximate surface area is 145 Å². The van der Waals surface area contributed by atoms with Crippen molar-refractivity contribution < 1.29 is 14.3 Å². The monoisotopic (exact) mass is 347 g/mol. The summed E-state index contributed by atoms with van der Waals surface area (Å²) < 4.78 is 5.76. The summed E-state index contributed by atoms with van der Waals surface area (Å²) in [7, 11) is 0. The third-order valence-electron chi connectivity index (χ3n) is 4.79. The van der Waals surface area contributed by atoms with Crippen molar-refractivity contribution in [3.63, 3.8) is 0 Å². The van der Waals surface area contributed by atoms with Crippen molar-refractivity contribution in [2.75, 3.05) is 31.2 Å². The number of carbonyl (C=O) groups is 2. The van der Waals surface area contributed by atoms with Crippen molar-refractivity contribution in [3.05, 3.63) is 30.1 Å². The fourth-order valence-electron chi connectivity index (χ4n) is 3.47. The minimum absolute atomic E-state index is 0.00213. The second-order valence-corrected chi connectivity index (χ2v) is 7.66. The standard InChI is InChI=1S/C17H21N3O3S/c21-14-11-23-16(17(22)19-6-8-24-9-7-19)15(20(14)13-3-4-13)12-2-1-5-18-10-12/h1-2,5,10,13,15-16H,3-4,6-9,11H2/t15-,16+/m1/s1. The van der Waals surface area contributed by atoms with Crippen molar-refractivity contribution >= 4 is 23.6 Å². The molecule has 3 fully saturated rings. The molecule has 0 radical (unpaired) electrons. The number of morpholine rings is 1. The maximum absolute atomic E-state index is 13.1. The van der Waals surface area contributed by atoms with E-state index >= 15 is 0 Å². The SMILES string of the molecule is O=C([C@H]1OCC(=O)N(C2CC2)[C@@H]1c1cccnc1)N1CCSCC1. The van der Waals surface area contributed by atoms with E-state index in [2.05, 4.69) is 4.98 Å². The van der Waals surface area contributed by atoms with Gasteiger partial charge in [-0.05, 0) is 24.5 Å². The quantitative estimate of drug-likeness (QED) is 0.819. The lowest BCUT2D eigenvalue weighted by Crippen LogP contribution is -2.56. The molecule has 1 saturated carbocycles. The van der Waals surface area contributed by atoms with E-state index in [9.17, 15) is 9.59 Å². The zero-order chi connectivity index (χ0) is 16.5. The Kier molecular flexibility index (Phi) is 4.45. The number of nitrogens with zero attached hydrogens (tertiary/aromatic N) is 3. The largest absolute Gasteiger partial charge is 0.356 e. The molecule has 1 aliphatic carbocycles. The molecule has 0 aromatic carbocycles. The highest BCUT2D eigenvalue weighted by atomic mass is 32.2. The molecular weight excluding hydrogens is 326 g/mol. The number of aromatic nitrogens is 1. The number of pyridine rings is 1. The fourth-order valence-corrected chi connectivity index (χ4v) is 4.37. The van der Waals surface area contributed by atoms with E-state index in [0.29, 0.717) is 0 Å². The maximum Gasteiger partial charge on any atom is 0.254 e. The molecule has 0 bridgehead atoms. The van der Waals surface area contributed by atoms with Gasteiger partial charge >= 0.3 is 0 Å². The van der Waals surface area contributed by atoms with Crippen LogP contribution < -0.4 is 0 Å². The molecule has 0 spiro atoms. The molecule has 0 N–H and O–H groups in total. The summed E-state index contributed by atoms with van der Waals surface area (Å²) in [6.45, 7) is 1.49. The van der Waals surface area contributed by atoms with Gasteiger partial charge < -0.3 is 14.5 Å². The average Bonchev–Trinajstić information content (AvgIpc) is 3.47. The summed E-state index contributed by atoms with van der Waals surface area (Å²) in [5, 5.41) is 0. The van der Waals surface area contributed by atoms with Crippen molar-refractivity contribution in [1.29, 1.82) is 0 Å². The van der Waals surface area contributed by atoms with Crippen LogP contribution in [0.25, 0.3) is 0 Å². The van der Waals surface area contributed by atoms with Gasteiger partial charge in [-0.15, -0.1) is 0 Å². The van der Waals surface area contributed by atoms with Crippen LogP contribution in [0.4, 0.5) is 0 Å². The van der Waals surface area contributed by atoms with Gasteiger partial charge in [0.1, 0.15) is 6.61 Å². The van der Waals surface area contributed by atoms with Crippen molar-refractivity contribution in [1.82, 2.24) is 14.8 Å². The summed E-state index contributed by atoms with van der Waals surface area (Å²) in [6, 6.07) is 3.65. The summed E-state index contributed by atoms with van der Waals surface area (Å²) in [5.74, 6) is 1.90. The molecule has 4 rings (SSSR count). The molecule has 0 unspecified atom stereocenters. The summed E-state index contributed by atoms with van der Waals surface area (Å²) in [5.41, 5.74) is 0.877. The lowest BCUT2D eigenvalue weighted by molar-refractivity contribution is -0.170. The Hall–Kier alpha value is -1.60. The Morgan fingerprint density at radius 2 is 2.08 bits per heavy atom. The van der Waals surface area contributed by atoms with Gasteiger partial charge in [0.2, 0.25) is 5.91 Å². The van der Waals surface area contributed by atoms with E-state index in [-0.39, 0.29) is 30.5 Å². The first-order valence-electron chi connectivity index (χ1n) is 8.45. The Bertz CT molecular complexity index is 617. The van der Waals surface area contributed by atoms with Crippen LogP contribution in [-0.4, -0.2) is 69.9 Å². The first-order valence-corrected chi connectivity index (χ1v) is 9.60. The van der Waals surface area contributed by atoms with Crippen molar-refractivity contribution in [2.24, 2.45) is 0 Å². The van der Waals surface area contributed by atoms with Gasteiger partial charge in [-0.3, -0.25) is 14.6 Å². The number of thioether (sulfide) groups is 1. The Morgan fingerprint density at radius 3 is 2.75 bits per heavy atom. The van der Waals surface area contributed by atoms with E-state index in [1.165, 1.54) is 0 Å². The normalized spacial score (nSPS) is 28.1. The highest BCUT2D eigenvalue weighted by molar-refractivity contribution is 7.99. The zero-order valence-corrected chi connectivity index (χ0v) is 14.3. The van der Waals surface area contributed by atoms with Gasteiger partial charge in [-0.1, -0.05) is 6.07 Å². The lowest BCUT2D eigenvalue weighted by Gasteiger charge is -2.42. The molecule has 2 aliphatic heterocycles. The molecular formula is C17H21N3O3S. The lowest BCUT2D eigenvalue weighted by atomic mass is 9.97. The van der Waals surface area contributed by atoms with E-state index in [1.807, 2.05) is 33.7 Å². The number of hydrogen-bond acceptors (Lipinski definition) is 5. The van der Waals surface area contributed by atoms with Crippen LogP contribution in [0.15, 0.2) is 24.5 Å². The third-order valence-corrected chi connectivity index (χ3v) is 5.74. The predicted octanol–water partition coefficient (Wildman–Crippen LogP) is 1.09. The second-order valence-electron chi connectivity index (χ2n) is 6.43. The first-order chi connectivity index (χ1) is 11.8. The molecule has 3 aliphatic rings. The van der Waals surface area contributed by atoms with Gasteiger partial charge in [-0.2, -0.15) is 11.8 Å². The van der Waals surface area contributed by atoms with E-state index in [1.54, 1.807) is 12.4 Å². The summed E-state index contributed by atoms with van der Waals surface area (Å²) >= 11 is 1.87. The van der Waals surface area contributed by atoms with E-state index in [4.69, 9.17) is 4.74 Å². The highest BCUT2D eigenvalue weighted by Crippen LogP contribution is 2.39. The molecule has 7 heteroatoms. The Balaban J connectivity index is 1.65. The molecule has 2 atom stereocenters. The molecule has 1 aromatic rings. The van der Waals surface area contributed by atoms with Crippen molar-refractivity contribution in [2.45, 2.75) is 31.0 Å². The smallest absolute Gasteiger partial charge is 0.254 e. The van der Waals surface area contributed by atoms with Crippen LogP contribution in [0, 0.1) is 0 Å².